The van der Waals surface area contributed by atoms with Gasteiger partial charge in [-0.3, -0.25) is 4.79 Å². The molecule has 1 amide bonds. The zero-order valence-electron chi connectivity index (χ0n) is 20.5. The fourth-order valence-corrected chi connectivity index (χ4v) is 4.72. The zero-order chi connectivity index (χ0) is 24.2. The molecule has 2 aromatic carbocycles. The van der Waals surface area contributed by atoms with Crippen molar-refractivity contribution in [1.82, 2.24) is 14.7 Å². The van der Waals surface area contributed by atoms with Gasteiger partial charge in [-0.1, -0.05) is 30.7 Å². The molecule has 1 aromatic heterocycles. The Morgan fingerprint density at radius 3 is 2.57 bits per heavy atom. The van der Waals surface area contributed by atoms with Gasteiger partial charge in [0, 0.05) is 25.1 Å². The number of carbonyl (C=O) groups is 1. The van der Waals surface area contributed by atoms with Crippen LogP contribution in [-0.2, 0) is 16.1 Å². The average Bonchev–Trinajstić information content (AvgIpc) is 3.47. The molecular weight excluding hydrogens is 442 g/mol. The highest BCUT2D eigenvalue weighted by Crippen LogP contribution is 2.35. The lowest BCUT2D eigenvalue weighted by molar-refractivity contribution is -0.140. The average molecular weight is 476 g/mol. The number of benzene rings is 2. The van der Waals surface area contributed by atoms with Gasteiger partial charge < -0.3 is 19.1 Å². The summed E-state index contributed by atoms with van der Waals surface area (Å²) in [6, 6.07) is 17.5. The van der Waals surface area contributed by atoms with E-state index < -0.39 is 0 Å². The lowest BCUT2D eigenvalue weighted by atomic mass is 9.84. The monoisotopic (exact) mass is 475 g/mol. The molecule has 35 heavy (non-hydrogen) atoms. The van der Waals surface area contributed by atoms with Crippen LogP contribution in [0, 0.1) is 12.8 Å². The second kappa shape index (κ2) is 10.5. The third-order valence-electron chi connectivity index (χ3n) is 6.96. The molecule has 1 saturated heterocycles. The molecule has 7 nitrogen and oxygen atoms in total. The highest BCUT2D eigenvalue weighted by Gasteiger charge is 2.33. The van der Waals surface area contributed by atoms with E-state index in [1.54, 1.807) is 7.11 Å². The van der Waals surface area contributed by atoms with Crippen LogP contribution in [0.3, 0.4) is 0 Å². The van der Waals surface area contributed by atoms with Crippen LogP contribution in [0.15, 0.2) is 54.6 Å². The standard InChI is InChI=1S/C28H33N3O4/c1-20-26(19-30(18-25-15-8-16-34-25)27(32)21-9-6-10-21)28(31(29-20)22-11-4-3-5-12-22)35-24-14-7-13-23(17-24)33-2/h3-5,7,11-14,17,21,25H,6,8-10,15-16,18-19H2,1-2H3. The fourth-order valence-electron chi connectivity index (χ4n) is 4.72. The third-order valence-corrected chi connectivity index (χ3v) is 6.96. The minimum Gasteiger partial charge on any atom is -0.497 e. The van der Waals surface area contributed by atoms with E-state index in [0.717, 1.165) is 55.7 Å². The SMILES string of the molecule is COc1cccc(Oc2c(CN(CC3CCCO3)C(=O)C3CCC3)c(C)nn2-c2ccccc2)c1. The van der Waals surface area contributed by atoms with Crippen molar-refractivity contribution >= 4 is 5.91 Å². The molecule has 1 aliphatic heterocycles. The molecule has 5 rings (SSSR count). The van der Waals surface area contributed by atoms with Gasteiger partial charge in [0.05, 0.1) is 36.7 Å². The molecule has 2 fully saturated rings. The number of carbonyl (C=O) groups excluding carboxylic acids is 1. The molecule has 184 valence electrons. The molecule has 7 heteroatoms. The zero-order valence-corrected chi connectivity index (χ0v) is 20.5. The van der Waals surface area contributed by atoms with Crippen molar-refractivity contribution in [3.8, 4) is 23.1 Å². The fraction of sp³-hybridized carbons (Fsp3) is 0.429. The Kier molecular flexibility index (Phi) is 7.04. The predicted octanol–water partition coefficient (Wildman–Crippen LogP) is 5.29. The van der Waals surface area contributed by atoms with Crippen molar-refractivity contribution in [2.75, 3.05) is 20.3 Å². The summed E-state index contributed by atoms with van der Waals surface area (Å²) in [7, 11) is 1.64. The lowest BCUT2D eigenvalue weighted by Crippen LogP contribution is -2.42. The maximum absolute atomic E-state index is 13.4. The summed E-state index contributed by atoms with van der Waals surface area (Å²) in [4.78, 5) is 15.4. The third kappa shape index (κ3) is 5.20. The topological polar surface area (TPSA) is 65.8 Å². The van der Waals surface area contributed by atoms with Gasteiger partial charge in [-0.05, 0) is 56.9 Å². The molecule has 2 aliphatic rings. The molecule has 1 saturated carbocycles. The molecule has 0 radical (unpaired) electrons. The Bertz CT molecular complexity index is 1150. The minimum absolute atomic E-state index is 0.0891. The second-order valence-electron chi connectivity index (χ2n) is 9.38. The van der Waals surface area contributed by atoms with Gasteiger partial charge in [0.2, 0.25) is 11.8 Å². The van der Waals surface area contributed by atoms with Crippen LogP contribution in [0.5, 0.6) is 17.4 Å². The molecule has 1 unspecified atom stereocenters. The Morgan fingerprint density at radius 1 is 1.09 bits per heavy atom. The van der Waals surface area contributed by atoms with Gasteiger partial charge in [-0.2, -0.15) is 5.10 Å². The first-order valence-electron chi connectivity index (χ1n) is 12.5. The number of rotatable bonds is 9. The van der Waals surface area contributed by atoms with E-state index >= 15 is 0 Å². The van der Waals surface area contributed by atoms with Gasteiger partial charge in [0.15, 0.2) is 0 Å². The number of methoxy groups -OCH3 is 1. The van der Waals surface area contributed by atoms with Gasteiger partial charge in [0.1, 0.15) is 11.5 Å². The van der Waals surface area contributed by atoms with Crippen LogP contribution in [0.2, 0.25) is 0 Å². The van der Waals surface area contributed by atoms with Crippen LogP contribution >= 0.6 is 0 Å². The summed E-state index contributed by atoms with van der Waals surface area (Å²) in [5.74, 6) is 2.31. The van der Waals surface area contributed by atoms with E-state index in [4.69, 9.17) is 19.3 Å². The number of hydrogen-bond acceptors (Lipinski definition) is 5. The largest absolute Gasteiger partial charge is 0.497 e. The lowest BCUT2D eigenvalue weighted by Gasteiger charge is -2.33. The molecule has 1 aliphatic carbocycles. The van der Waals surface area contributed by atoms with Crippen molar-refractivity contribution in [2.45, 2.75) is 51.7 Å². The van der Waals surface area contributed by atoms with Gasteiger partial charge in [0.25, 0.3) is 0 Å². The number of hydrogen-bond donors (Lipinski definition) is 0. The Morgan fingerprint density at radius 2 is 1.89 bits per heavy atom. The molecular formula is C28H33N3O4. The molecule has 3 aromatic rings. The molecule has 1 atom stereocenters. The van der Waals surface area contributed by atoms with Crippen molar-refractivity contribution < 1.29 is 19.0 Å². The second-order valence-corrected chi connectivity index (χ2v) is 9.38. The first-order valence-corrected chi connectivity index (χ1v) is 12.5. The van der Waals surface area contributed by atoms with Gasteiger partial charge in [-0.15, -0.1) is 0 Å². The van der Waals surface area contributed by atoms with Crippen molar-refractivity contribution in [3.63, 3.8) is 0 Å². The first-order chi connectivity index (χ1) is 17.1. The highest BCUT2D eigenvalue weighted by molar-refractivity contribution is 5.79. The van der Waals surface area contributed by atoms with E-state index in [1.165, 1.54) is 0 Å². The molecule has 0 spiro atoms. The normalized spacial score (nSPS) is 17.7. The molecule has 0 N–H and O–H groups in total. The Balaban J connectivity index is 1.51. The molecule has 2 heterocycles. The van der Waals surface area contributed by atoms with Crippen LogP contribution in [0.1, 0.15) is 43.4 Å². The Labute approximate surface area is 206 Å². The highest BCUT2D eigenvalue weighted by atomic mass is 16.5. The Hall–Kier alpha value is -3.32. The summed E-state index contributed by atoms with van der Waals surface area (Å²) in [5.41, 5.74) is 2.64. The van der Waals surface area contributed by atoms with Crippen LogP contribution in [0.25, 0.3) is 5.69 Å². The van der Waals surface area contributed by atoms with Crippen LogP contribution in [-0.4, -0.2) is 47.0 Å². The summed E-state index contributed by atoms with van der Waals surface area (Å²) < 4.78 is 19.6. The van der Waals surface area contributed by atoms with Crippen molar-refractivity contribution in [2.24, 2.45) is 5.92 Å². The summed E-state index contributed by atoms with van der Waals surface area (Å²) in [6.07, 6.45) is 5.19. The van der Waals surface area contributed by atoms with E-state index in [-0.39, 0.29) is 17.9 Å². The van der Waals surface area contributed by atoms with Crippen LogP contribution < -0.4 is 9.47 Å². The van der Waals surface area contributed by atoms with E-state index in [2.05, 4.69) is 0 Å². The molecule has 0 bridgehead atoms. The van der Waals surface area contributed by atoms with E-state index in [9.17, 15) is 4.79 Å². The number of aromatic nitrogens is 2. The van der Waals surface area contributed by atoms with Crippen molar-refractivity contribution in [3.05, 3.63) is 65.9 Å². The van der Waals surface area contributed by atoms with Crippen molar-refractivity contribution in [1.29, 1.82) is 0 Å². The number of ether oxygens (including phenoxy) is 3. The number of amides is 1. The van der Waals surface area contributed by atoms with E-state index in [0.29, 0.717) is 30.5 Å². The number of para-hydroxylation sites is 1. The smallest absolute Gasteiger partial charge is 0.227 e. The van der Waals surface area contributed by atoms with Gasteiger partial charge >= 0.3 is 0 Å². The minimum atomic E-state index is 0.0891. The number of nitrogens with zero attached hydrogens (tertiary/aromatic N) is 3. The summed E-state index contributed by atoms with van der Waals surface area (Å²) in [6.45, 7) is 3.79. The van der Waals surface area contributed by atoms with Crippen LogP contribution in [0.4, 0.5) is 0 Å². The summed E-state index contributed by atoms with van der Waals surface area (Å²) >= 11 is 0. The van der Waals surface area contributed by atoms with Gasteiger partial charge in [-0.25, -0.2) is 4.68 Å². The number of aryl methyl sites for hydroxylation is 1. The predicted molar refractivity (Wildman–Crippen MR) is 133 cm³/mol. The maximum atomic E-state index is 13.4. The first kappa shape index (κ1) is 23.4. The maximum Gasteiger partial charge on any atom is 0.227 e. The van der Waals surface area contributed by atoms with E-state index in [1.807, 2.05) is 71.1 Å². The quantitative estimate of drug-likeness (QED) is 0.421. The summed E-state index contributed by atoms with van der Waals surface area (Å²) in [5, 5.41) is 4.83.